The SMILES string of the molecule is COC(=O)/C=C/c1cc2c(c(OC(C)=O)c1OC)OC(c1ccc(OC(C)=O)c(OC(C)=O)c1OC)C2C(=O)OC. The molecule has 3 rings (SSSR count). The lowest BCUT2D eigenvalue weighted by Crippen LogP contribution is -2.21. The molecule has 1 aliphatic heterocycles. The zero-order valence-electron chi connectivity index (χ0n) is 23.3. The second kappa shape index (κ2) is 12.9. The van der Waals surface area contributed by atoms with Crippen LogP contribution in [0.15, 0.2) is 24.3 Å². The van der Waals surface area contributed by atoms with Crippen LogP contribution in [0.3, 0.4) is 0 Å². The van der Waals surface area contributed by atoms with Gasteiger partial charge in [-0.1, -0.05) is 0 Å². The van der Waals surface area contributed by atoms with Crippen LogP contribution in [0.4, 0.5) is 0 Å². The summed E-state index contributed by atoms with van der Waals surface area (Å²) >= 11 is 0. The molecule has 0 radical (unpaired) electrons. The molecule has 0 N–H and O–H groups in total. The minimum Gasteiger partial charge on any atom is -0.492 e. The van der Waals surface area contributed by atoms with E-state index in [0.29, 0.717) is 0 Å². The lowest BCUT2D eigenvalue weighted by molar-refractivity contribution is -0.144. The molecule has 0 saturated carbocycles. The number of esters is 5. The number of benzene rings is 2. The average Bonchev–Trinajstić information content (AvgIpc) is 3.30. The maximum absolute atomic E-state index is 13.2. The Balaban J connectivity index is 2.33. The summed E-state index contributed by atoms with van der Waals surface area (Å²) in [5, 5.41) is 0. The standard InChI is InChI=1S/C28H28O13/c1-13(29)38-19-10-9-17(24(36-6)26(19)39-14(2)30)23-21(28(33)37-7)18-12-16(8-11-20(32)34-4)22(35-5)27(25(18)41-23)40-15(3)31/h8-12,21,23H,1-7H3/b11-8+. The van der Waals surface area contributed by atoms with E-state index in [2.05, 4.69) is 4.74 Å². The Kier molecular flexibility index (Phi) is 9.55. The van der Waals surface area contributed by atoms with E-state index >= 15 is 0 Å². The largest absolute Gasteiger partial charge is 0.492 e. The smallest absolute Gasteiger partial charge is 0.330 e. The lowest BCUT2D eigenvalue weighted by atomic mass is 9.89. The van der Waals surface area contributed by atoms with Crippen molar-refractivity contribution in [2.24, 2.45) is 0 Å². The molecule has 13 nitrogen and oxygen atoms in total. The molecular weight excluding hydrogens is 544 g/mol. The van der Waals surface area contributed by atoms with Crippen LogP contribution in [0.25, 0.3) is 6.08 Å². The first kappa shape index (κ1) is 30.5. The monoisotopic (exact) mass is 572 g/mol. The highest BCUT2D eigenvalue weighted by Gasteiger charge is 2.46. The Morgan fingerprint density at radius 1 is 0.732 bits per heavy atom. The maximum atomic E-state index is 13.2. The van der Waals surface area contributed by atoms with E-state index < -0.39 is 41.9 Å². The third kappa shape index (κ3) is 6.40. The summed E-state index contributed by atoms with van der Waals surface area (Å²) in [7, 11) is 4.97. The van der Waals surface area contributed by atoms with Gasteiger partial charge in [0, 0.05) is 43.5 Å². The van der Waals surface area contributed by atoms with Gasteiger partial charge in [0.05, 0.1) is 28.4 Å². The maximum Gasteiger partial charge on any atom is 0.330 e. The molecule has 0 spiro atoms. The van der Waals surface area contributed by atoms with Crippen molar-refractivity contribution < 1.29 is 61.9 Å². The van der Waals surface area contributed by atoms with Crippen LogP contribution in [-0.4, -0.2) is 58.3 Å². The van der Waals surface area contributed by atoms with Gasteiger partial charge in [-0.3, -0.25) is 19.2 Å². The molecule has 2 aromatic rings. The molecule has 1 heterocycles. The minimum atomic E-state index is -1.19. The van der Waals surface area contributed by atoms with E-state index in [0.717, 1.165) is 26.8 Å². The third-order valence-electron chi connectivity index (χ3n) is 5.75. The van der Waals surface area contributed by atoms with Crippen molar-refractivity contribution in [3.05, 3.63) is 41.0 Å². The first-order valence-electron chi connectivity index (χ1n) is 12.0. The number of fused-ring (bicyclic) bond motifs is 1. The van der Waals surface area contributed by atoms with E-state index in [4.69, 9.17) is 33.2 Å². The van der Waals surface area contributed by atoms with Gasteiger partial charge in [-0.25, -0.2) is 4.79 Å². The molecule has 0 saturated heterocycles. The molecule has 2 unspecified atom stereocenters. The summed E-state index contributed by atoms with van der Waals surface area (Å²) in [6, 6.07) is 4.31. The number of ether oxygens (including phenoxy) is 8. The summed E-state index contributed by atoms with van der Waals surface area (Å²) in [6.45, 7) is 3.47. The summed E-state index contributed by atoms with van der Waals surface area (Å²) in [4.78, 5) is 60.7. The quantitative estimate of drug-likeness (QED) is 0.245. The van der Waals surface area contributed by atoms with Gasteiger partial charge in [0.1, 0.15) is 12.0 Å². The number of hydrogen-bond acceptors (Lipinski definition) is 13. The van der Waals surface area contributed by atoms with Gasteiger partial charge in [-0.05, 0) is 24.3 Å². The zero-order chi connectivity index (χ0) is 30.4. The van der Waals surface area contributed by atoms with Gasteiger partial charge in [0.25, 0.3) is 0 Å². The summed E-state index contributed by atoms with van der Waals surface area (Å²) in [5.41, 5.74) is 0.679. The van der Waals surface area contributed by atoms with Crippen molar-refractivity contribution in [3.8, 4) is 34.5 Å². The lowest BCUT2D eigenvalue weighted by Gasteiger charge is -2.22. The van der Waals surface area contributed by atoms with Crippen molar-refractivity contribution in [1.82, 2.24) is 0 Å². The molecule has 0 fully saturated rings. The van der Waals surface area contributed by atoms with Gasteiger partial charge in [0.15, 0.2) is 23.0 Å². The Morgan fingerprint density at radius 3 is 1.88 bits per heavy atom. The van der Waals surface area contributed by atoms with Crippen molar-refractivity contribution in [2.75, 3.05) is 28.4 Å². The second-order valence-corrected chi connectivity index (χ2v) is 8.44. The molecule has 2 atom stereocenters. The van der Waals surface area contributed by atoms with Crippen molar-refractivity contribution in [3.63, 3.8) is 0 Å². The number of carbonyl (C=O) groups excluding carboxylic acids is 5. The van der Waals surface area contributed by atoms with E-state index in [1.54, 1.807) is 0 Å². The highest BCUT2D eigenvalue weighted by molar-refractivity contribution is 5.90. The fraction of sp³-hybridized carbons (Fsp3) is 0.321. The van der Waals surface area contributed by atoms with E-state index in [-0.39, 0.29) is 51.2 Å². The predicted molar refractivity (Wildman–Crippen MR) is 139 cm³/mol. The zero-order valence-corrected chi connectivity index (χ0v) is 23.3. The van der Waals surface area contributed by atoms with E-state index in [9.17, 15) is 24.0 Å². The summed E-state index contributed by atoms with van der Waals surface area (Å²) < 4.78 is 42.9. The normalized spacial score (nSPS) is 15.3. The third-order valence-corrected chi connectivity index (χ3v) is 5.75. The number of hydrogen-bond donors (Lipinski definition) is 0. The highest BCUT2D eigenvalue weighted by atomic mass is 16.6. The Labute approximate surface area is 234 Å². The van der Waals surface area contributed by atoms with Crippen LogP contribution in [0.2, 0.25) is 0 Å². The van der Waals surface area contributed by atoms with Crippen LogP contribution in [0.5, 0.6) is 34.5 Å². The van der Waals surface area contributed by atoms with Crippen LogP contribution in [0.1, 0.15) is 49.5 Å². The molecule has 41 heavy (non-hydrogen) atoms. The second-order valence-electron chi connectivity index (χ2n) is 8.44. The number of carbonyl (C=O) groups is 5. The van der Waals surface area contributed by atoms with Crippen LogP contribution >= 0.6 is 0 Å². The molecular formula is C28H28O13. The molecule has 0 aliphatic carbocycles. The first-order valence-corrected chi connectivity index (χ1v) is 12.0. The predicted octanol–water partition coefficient (Wildman–Crippen LogP) is 3.06. The van der Waals surface area contributed by atoms with Crippen LogP contribution in [-0.2, 0) is 33.4 Å². The Bertz CT molecular complexity index is 1420. The Hall–Kier alpha value is -5.07. The van der Waals surface area contributed by atoms with Gasteiger partial charge < -0.3 is 37.9 Å². The van der Waals surface area contributed by atoms with Gasteiger partial charge >= 0.3 is 29.8 Å². The summed E-state index contributed by atoms with van der Waals surface area (Å²) in [5.74, 6) is -5.30. The molecule has 2 aromatic carbocycles. The fourth-order valence-electron chi connectivity index (χ4n) is 4.26. The molecule has 218 valence electrons. The van der Waals surface area contributed by atoms with Gasteiger partial charge in [-0.2, -0.15) is 0 Å². The number of methoxy groups -OCH3 is 4. The molecule has 0 amide bonds. The van der Waals surface area contributed by atoms with Crippen molar-refractivity contribution in [1.29, 1.82) is 0 Å². The first-order chi connectivity index (χ1) is 19.5. The fourth-order valence-corrected chi connectivity index (χ4v) is 4.26. The topological polar surface area (TPSA) is 159 Å². The highest BCUT2D eigenvalue weighted by Crippen LogP contribution is 2.57. The molecule has 0 bridgehead atoms. The molecule has 1 aliphatic rings. The van der Waals surface area contributed by atoms with Crippen molar-refractivity contribution >= 4 is 35.9 Å². The molecule has 13 heteroatoms. The van der Waals surface area contributed by atoms with Gasteiger partial charge in [-0.15, -0.1) is 0 Å². The van der Waals surface area contributed by atoms with Crippen LogP contribution < -0.4 is 28.4 Å². The Morgan fingerprint density at radius 2 is 1.34 bits per heavy atom. The minimum absolute atomic E-state index is 0.0205. The van der Waals surface area contributed by atoms with Crippen molar-refractivity contribution in [2.45, 2.75) is 32.8 Å². The summed E-state index contributed by atoms with van der Waals surface area (Å²) in [6.07, 6.45) is 1.28. The molecule has 0 aromatic heterocycles. The average molecular weight is 573 g/mol. The van der Waals surface area contributed by atoms with E-state index in [1.165, 1.54) is 52.7 Å². The van der Waals surface area contributed by atoms with Gasteiger partial charge in [0.2, 0.25) is 11.5 Å². The van der Waals surface area contributed by atoms with E-state index in [1.807, 2.05) is 0 Å². The number of rotatable bonds is 9. The van der Waals surface area contributed by atoms with Crippen LogP contribution in [0, 0.1) is 0 Å².